The van der Waals surface area contributed by atoms with E-state index in [0.717, 1.165) is 23.3 Å². The van der Waals surface area contributed by atoms with E-state index in [0.29, 0.717) is 0 Å². The van der Waals surface area contributed by atoms with Crippen molar-refractivity contribution in [1.82, 2.24) is 20.2 Å². The maximum atomic E-state index is 11.7. The van der Waals surface area contributed by atoms with Gasteiger partial charge in [-0.25, -0.2) is 20.3 Å². The molecule has 1 aromatic heterocycles. The molecule has 0 bridgehead atoms. The third kappa shape index (κ3) is 5.22. The van der Waals surface area contributed by atoms with Crippen LogP contribution in [0.2, 0.25) is 0 Å². The molecule has 0 radical (unpaired) electrons. The highest BCUT2D eigenvalue weighted by Crippen LogP contribution is 2.31. The van der Waals surface area contributed by atoms with Gasteiger partial charge in [0.1, 0.15) is 0 Å². The van der Waals surface area contributed by atoms with Gasteiger partial charge < -0.3 is 20.9 Å². The van der Waals surface area contributed by atoms with Crippen LogP contribution in [0.1, 0.15) is 31.9 Å². The van der Waals surface area contributed by atoms with Gasteiger partial charge in [-0.05, 0) is 27.0 Å². The van der Waals surface area contributed by atoms with Gasteiger partial charge in [-0.15, -0.1) is 0 Å². The number of tetrazole rings is 1. The van der Waals surface area contributed by atoms with Crippen LogP contribution in [-0.2, 0) is 12.0 Å². The summed E-state index contributed by atoms with van der Waals surface area (Å²) in [6.07, 6.45) is 0. The summed E-state index contributed by atoms with van der Waals surface area (Å²) < 4.78 is 1.34. The highest BCUT2D eigenvalue weighted by molar-refractivity contribution is 5.79. The third-order valence-electron chi connectivity index (χ3n) is 4.77. The SMILES string of the molecule is CC(C)(C)c1ccc(Cn2nnnc2Nc2c([NH+]([O-])O)cc([NH+]([O-])O)cc2[NH+]([O-])O)cc1. The summed E-state index contributed by atoms with van der Waals surface area (Å²) >= 11 is 0. The number of hydrogen-bond acceptors (Lipinski definition) is 10. The largest absolute Gasteiger partial charge is 0.595 e. The van der Waals surface area contributed by atoms with Crippen molar-refractivity contribution >= 4 is 28.7 Å². The number of anilines is 2. The van der Waals surface area contributed by atoms with Crippen molar-refractivity contribution in [3.05, 3.63) is 63.1 Å². The van der Waals surface area contributed by atoms with Crippen molar-refractivity contribution < 1.29 is 31.3 Å². The number of benzene rings is 2. The topological polar surface area (TPSA) is 199 Å². The quantitative estimate of drug-likeness (QED) is 0.219. The maximum Gasteiger partial charge on any atom is 0.248 e. The lowest BCUT2D eigenvalue weighted by molar-refractivity contribution is -1.00. The minimum absolute atomic E-state index is 0.00188. The monoisotopic (exact) mass is 448 g/mol. The number of nitrogens with zero attached hydrogens (tertiary/aromatic N) is 4. The Bertz CT molecular complexity index is 1030. The fraction of sp³-hybridized carbons (Fsp3) is 0.278. The number of quaternary nitrogens is 3. The normalized spacial score (nSPS) is 14.8. The van der Waals surface area contributed by atoms with E-state index in [4.69, 9.17) is 0 Å². The van der Waals surface area contributed by atoms with Crippen molar-refractivity contribution in [3.8, 4) is 0 Å². The fourth-order valence-corrected chi connectivity index (χ4v) is 3.03. The molecular weight excluding hydrogens is 424 g/mol. The molecule has 3 rings (SSSR count). The zero-order chi connectivity index (χ0) is 23.6. The molecule has 0 spiro atoms. The van der Waals surface area contributed by atoms with Crippen molar-refractivity contribution in [2.45, 2.75) is 32.7 Å². The van der Waals surface area contributed by atoms with Gasteiger partial charge in [0.05, 0.1) is 18.7 Å². The van der Waals surface area contributed by atoms with Crippen LogP contribution in [0, 0.1) is 15.6 Å². The summed E-state index contributed by atoms with van der Waals surface area (Å²) in [7, 11) is 0. The van der Waals surface area contributed by atoms with E-state index >= 15 is 0 Å². The zero-order valence-corrected chi connectivity index (χ0v) is 17.5. The van der Waals surface area contributed by atoms with Gasteiger partial charge in [0.25, 0.3) is 0 Å². The molecule has 0 amide bonds. The smallest absolute Gasteiger partial charge is 0.248 e. The molecule has 32 heavy (non-hydrogen) atoms. The van der Waals surface area contributed by atoms with Crippen LogP contribution in [0.25, 0.3) is 0 Å². The Morgan fingerprint density at radius 2 is 1.50 bits per heavy atom. The maximum absolute atomic E-state index is 11.7. The highest BCUT2D eigenvalue weighted by atomic mass is 16.8. The molecule has 0 aliphatic carbocycles. The van der Waals surface area contributed by atoms with E-state index in [-0.39, 0.29) is 23.6 Å². The molecule has 0 saturated heterocycles. The van der Waals surface area contributed by atoms with Gasteiger partial charge in [-0.3, -0.25) is 0 Å². The first kappa shape index (κ1) is 23.6. The molecule has 0 aliphatic heterocycles. The highest BCUT2D eigenvalue weighted by Gasteiger charge is 2.25. The van der Waals surface area contributed by atoms with Crippen LogP contribution in [0.3, 0.4) is 0 Å². The summed E-state index contributed by atoms with van der Waals surface area (Å²) in [4.78, 5) is 0. The second kappa shape index (κ2) is 9.21. The number of nitrogens with one attached hydrogen (secondary N) is 4. The average molecular weight is 448 g/mol. The Kier molecular flexibility index (Phi) is 6.79. The van der Waals surface area contributed by atoms with Gasteiger partial charge >= 0.3 is 0 Å². The van der Waals surface area contributed by atoms with Crippen LogP contribution < -0.4 is 21.0 Å². The van der Waals surface area contributed by atoms with E-state index in [1.54, 1.807) is 0 Å². The Hall–Kier alpha value is -3.05. The lowest BCUT2D eigenvalue weighted by Gasteiger charge is -2.23. The minimum atomic E-state index is -1.50. The van der Waals surface area contributed by atoms with Crippen molar-refractivity contribution in [2.75, 3.05) is 5.32 Å². The second-order valence-electron chi connectivity index (χ2n) is 8.09. The van der Waals surface area contributed by atoms with E-state index in [9.17, 15) is 31.2 Å². The van der Waals surface area contributed by atoms with Gasteiger partial charge in [0.15, 0.2) is 22.7 Å². The zero-order valence-electron chi connectivity index (χ0n) is 17.5. The molecular formula is C18H24N8O6. The Labute approximate surface area is 182 Å². The van der Waals surface area contributed by atoms with Crippen LogP contribution >= 0.6 is 0 Å². The van der Waals surface area contributed by atoms with Gasteiger partial charge in [-0.1, -0.05) is 50.1 Å². The molecule has 0 saturated carbocycles. The summed E-state index contributed by atoms with van der Waals surface area (Å²) in [5.41, 5.74) is 0.136. The van der Waals surface area contributed by atoms with Crippen molar-refractivity contribution in [3.63, 3.8) is 0 Å². The molecule has 14 nitrogen and oxygen atoms in total. The lowest BCUT2D eigenvalue weighted by atomic mass is 9.87. The molecule has 1 heterocycles. The van der Waals surface area contributed by atoms with E-state index in [1.807, 2.05) is 24.3 Å². The van der Waals surface area contributed by atoms with E-state index in [2.05, 4.69) is 41.6 Å². The van der Waals surface area contributed by atoms with E-state index in [1.165, 1.54) is 4.68 Å². The van der Waals surface area contributed by atoms with Crippen molar-refractivity contribution in [1.29, 1.82) is 0 Å². The van der Waals surface area contributed by atoms with Gasteiger partial charge in [0, 0.05) is 0 Å². The second-order valence-corrected chi connectivity index (χ2v) is 8.09. The number of aromatic nitrogens is 4. The first-order valence-corrected chi connectivity index (χ1v) is 9.48. The summed E-state index contributed by atoms with van der Waals surface area (Å²) in [6.45, 7) is 6.53. The predicted molar refractivity (Wildman–Crippen MR) is 109 cm³/mol. The molecule has 7 N–H and O–H groups in total. The predicted octanol–water partition coefficient (Wildman–Crippen LogP) is -1.03. The van der Waals surface area contributed by atoms with Gasteiger partial charge in [0.2, 0.25) is 5.95 Å². The Morgan fingerprint density at radius 3 is 1.97 bits per heavy atom. The standard InChI is InChI=1S/C18H24N8O6/c1-18(2,3)12-6-4-11(5-7-12)10-23-17(20-21-22-23)19-16-14(25(29)30)8-13(24(27)28)9-15(16)26(31)32/h4-9,24-27,29,31H,10H2,1-3H3,(H,19,20,22). The van der Waals surface area contributed by atoms with E-state index < -0.39 is 32.7 Å². The first-order chi connectivity index (χ1) is 15.0. The van der Waals surface area contributed by atoms with Gasteiger partial charge in [-0.2, -0.15) is 15.7 Å². The third-order valence-corrected chi connectivity index (χ3v) is 4.77. The van der Waals surface area contributed by atoms with Crippen LogP contribution in [0.15, 0.2) is 36.4 Å². The average Bonchev–Trinajstić information content (AvgIpc) is 3.13. The molecule has 0 aliphatic rings. The van der Waals surface area contributed by atoms with Crippen LogP contribution in [0.4, 0.5) is 28.7 Å². The molecule has 3 aromatic rings. The minimum Gasteiger partial charge on any atom is -0.595 e. The fourth-order valence-electron chi connectivity index (χ4n) is 3.03. The molecule has 2 aromatic carbocycles. The van der Waals surface area contributed by atoms with Crippen LogP contribution in [-0.4, -0.2) is 35.8 Å². The molecule has 3 atom stereocenters. The summed E-state index contributed by atoms with van der Waals surface area (Å²) in [5.74, 6) is -0.00188. The Morgan fingerprint density at radius 1 is 0.938 bits per heavy atom. The van der Waals surface area contributed by atoms with Crippen molar-refractivity contribution in [2.24, 2.45) is 0 Å². The van der Waals surface area contributed by atoms with Crippen LogP contribution in [0.5, 0.6) is 0 Å². The number of rotatable bonds is 7. The molecule has 3 unspecified atom stereocenters. The molecule has 172 valence electrons. The first-order valence-electron chi connectivity index (χ1n) is 9.48. The summed E-state index contributed by atoms with van der Waals surface area (Å²) in [6, 6.07) is 9.56. The summed E-state index contributed by atoms with van der Waals surface area (Å²) in [5, 5.41) is 72.4. The molecule has 0 fully saturated rings. The molecule has 14 heteroatoms. The Balaban J connectivity index is 1.95. The lowest BCUT2D eigenvalue weighted by Crippen LogP contribution is -3.02. The number of hydrogen-bond donors (Lipinski definition) is 7.